The topological polar surface area (TPSA) is 17.8 Å². The van der Waals surface area contributed by atoms with Crippen molar-refractivity contribution < 1.29 is 0 Å². The smallest absolute Gasteiger partial charge is 0.111 e. The first-order chi connectivity index (χ1) is 9.02. The van der Waals surface area contributed by atoms with Crippen molar-refractivity contribution in [1.29, 1.82) is 0 Å². The normalized spacial score (nSPS) is 13.4. The molecule has 0 aliphatic carbocycles. The monoisotopic (exact) mass is 342 g/mol. The molecule has 4 heteroatoms. The number of hydrogen-bond acceptors (Lipinski definition) is 1. The summed E-state index contributed by atoms with van der Waals surface area (Å²) in [5, 5.41) is 0. The molecule has 0 amide bonds. The fourth-order valence-corrected chi connectivity index (χ4v) is 2.64. The summed E-state index contributed by atoms with van der Waals surface area (Å²) in [7, 11) is 0. The maximum atomic E-state index is 5.90. The van der Waals surface area contributed by atoms with Gasteiger partial charge in [0.2, 0.25) is 0 Å². The summed E-state index contributed by atoms with van der Waals surface area (Å²) in [6.07, 6.45) is 0.818. The lowest BCUT2D eigenvalue weighted by Crippen LogP contribution is -2.15. The zero-order valence-electron chi connectivity index (χ0n) is 11.7. The van der Waals surface area contributed by atoms with Gasteiger partial charge in [-0.2, -0.15) is 0 Å². The Morgan fingerprint density at radius 2 is 2.05 bits per heavy atom. The van der Waals surface area contributed by atoms with E-state index in [0.29, 0.717) is 17.7 Å². The molecule has 2 nitrogen and oxygen atoms in total. The Hall–Kier alpha value is -0.540. The minimum absolute atomic E-state index is 0.612. The predicted octanol–water partition coefficient (Wildman–Crippen LogP) is 4.87. The molecule has 1 aromatic heterocycles. The van der Waals surface area contributed by atoms with Gasteiger partial charge in [0.25, 0.3) is 0 Å². The number of halogens is 2. The molecule has 2 rings (SSSR count). The van der Waals surface area contributed by atoms with Crippen LogP contribution in [0.25, 0.3) is 11.0 Å². The first kappa shape index (κ1) is 14.9. The molecule has 104 valence electrons. The molecule has 0 saturated carbocycles. The summed E-state index contributed by atoms with van der Waals surface area (Å²) in [6, 6.07) is 6.25. The third-order valence-electron chi connectivity index (χ3n) is 3.72. The Morgan fingerprint density at radius 3 is 2.68 bits per heavy atom. The van der Waals surface area contributed by atoms with Gasteiger partial charge in [0.15, 0.2) is 0 Å². The van der Waals surface area contributed by atoms with Gasteiger partial charge in [-0.3, -0.25) is 0 Å². The summed E-state index contributed by atoms with van der Waals surface area (Å²) in [4.78, 5) is 4.71. The standard InChI is InChI=1S/C15H20BrClN2/c1-10(2)11(3)9-19-14-8-12(16)4-5-13(14)18-15(19)6-7-17/h4-5,8,10-11H,6-7,9H2,1-3H3. The van der Waals surface area contributed by atoms with E-state index in [2.05, 4.69) is 53.4 Å². The van der Waals surface area contributed by atoms with Crippen LogP contribution in [0.3, 0.4) is 0 Å². The van der Waals surface area contributed by atoms with E-state index in [-0.39, 0.29) is 0 Å². The summed E-state index contributed by atoms with van der Waals surface area (Å²) in [5.41, 5.74) is 2.25. The number of alkyl halides is 1. The number of hydrogen-bond donors (Lipinski definition) is 0. The third kappa shape index (κ3) is 3.32. The van der Waals surface area contributed by atoms with Gasteiger partial charge < -0.3 is 4.57 Å². The van der Waals surface area contributed by atoms with Crippen LogP contribution in [-0.2, 0) is 13.0 Å². The number of fused-ring (bicyclic) bond motifs is 1. The number of aromatic nitrogens is 2. The van der Waals surface area contributed by atoms with Crippen molar-refractivity contribution in [1.82, 2.24) is 9.55 Å². The first-order valence-corrected chi connectivity index (χ1v) is 8.06. The first-order valence-electron chi connectivity index (χ1n) is 6.73. The van der Waals surface area contributed by atoms with E-state index in [9.17, 15) is 0 Å². The molecule has 0 spiro atoms. The number of imidazole rings is 1. The van der Waals surface area contributed by atoms with Crippen LogP contribution in [0.1, 0.15) is 26.6 Å². The maximum absolute atomic E-state index is 5.90. The predicted molar refractivity (Wildman–Crippen MR) is 85.9 cm³/mol. The van der Waals surface area contributed by atoms with Crippen molar-refractivity contribution >= 4 is 38.6 Å². The van der Waals surface area contributed by atoms with Crippen molar-refractivity contribution in [2.75, 3.05) is 5.88 Å². The summed E-state index contributed by atoms with van der Waals surface area (Å²) >= 11 is 9.45. The molecule has 2 aromatic rings. The lowest BCUT2D eigenvalue weighted by atomic mass is 9.98. The van der Waals surface area contributed by atoms with E-state index in [1.807, 2.05) is 6.07 Å². The number of nitrogens with zero attached hydrogens (tertiary/aromatic N) is 2. The second-order valence-electron chi connectivity index (χ2n) is 5.43. The van der Waals surface area contributed by atoms with E-state index in [0.717, 1.165) is 28.8 Å². The molecule has 0 fully saturated rings. The number of aryl methyl sites for hydroxylation is 1. The number of benzene rings is 1. The molecule has 0 N–H and O–H groups in total. The Labute approximate surface area is 128 Å². The Morgan fingerprint density at radius 1 is 1.32 bits per heavy atom. The zero-order chi connectivity index (χ0) is 14.0. The molecule has 19 heavy (non-hydrogen) atoms. The van der Waals surface area contributed by atoms with Crippen molar-refractivity contribution in [2.45, 2.75) is 33.7 Å². The lowest BCUT2D eigenvalue weighted by molar-refractivity contribution is 0.364. The highest BCUT2D eigenvalue weighted by atomic mass is 79.9. The van der Waals surface area contributed by atoms with E-state index in [1.54, 1.807) is 0 Å². The molecule has 1 aromatic carbocycles. The molecule has 1 heterocycles. The average molecular weight is 344 g/mol. The molecule has 0 radical (unpaired) electrons. The molecule has 0 saturated heterocycles. The van der Waals surface area contributed by atoms with Gasteiger partial charge in [-0.15, -0.1) is 11.6 Å². The fraction of sp³-hybridized carbons (Fsp3) is 0.533. The summed E-state index contributed by atoms with van der Waals surface area (Å²) < 4.78 is 3.42. The van der Waals surface area contributed by atoms with Crippen LogP contribution in [0.2, 0.25) is 0 Å². The van der Waals surface area contributed by atoms with Gasteiger partial charge >= 0.3 is 0 Å². The van der Waals surface area contributed by atoms with Crippen LogP contribution < -0.4 is 0 Å². The van der Waals surface area contributed by atoms with Gasteiger partial charge in [-0.25, -0.2) is 4.98 Å². The van der Waals surface area contributed by atoms with Crippen molar-refractivity contribution in [3.63, 3.8) is 0 Å². The molecular weight excluding hydrogens is 324 g/mol. The van der Waals surface area contributed by atoms with Crippen LogP contribution in [0, 0.1) is 11.8 Å². The summed E-state index contributed by atoms with van der Waals surface area (Å²) in [6.45, 7) is 7.82. The highest BCUT2D eigenvalue weighted by molar-refractivity contribution is 9.10. The fourth-order valence-electron chi connectivity index (χ4n) is 2.12. The third-order valence-corrected chi connectivity index (χ3v) is 4.40. The van der Waals surface area contributed by atoms with Gasteiger partial charge in [-0.05, 0) is 30.0 Å². The largest absolute Gasteiger partial charge is 0.328 e. The zero-order valence-corrected chi connectivity index (χ0v) is 14.0. The molecule has 0 aliphatic heterocycles. The van der Waals surface area contributed by atoms with E-state index < -0.39 is 0 Å². The Kier molecular flexibility index (Phi) is 4.91. The molecule has 0 bridgehead atoms. The minimum atomic E-state index is 0.612. The van der Waals surface area contributed by atoms with Crippen molar-refractivity contribution in [3.8, 4) is 0 Å². The highest BCUT2D eigenvalue weighted by Crippen LogP contribution is 2.24. The van der Waals surface area contributed by atoms with Gasteiger partial charge in [0.05, 0.1) is 11.0 Å². The maximum Gasteiger partial charge on any atom is 0.111 e. The second kappa shape index (κ2) is 6.27. The lowest BCUT2D eigenvalue weighted by Gasteiger charge is -2.18. The quantitative estimate of drug-likeness (QED) is 0.708. The van der Waals surface area contributed by atoms with Crippen LogP contribution in [0.4, 0.5) is 0 Å². The highest BCUT2D eigenvalue weighted by Gasteiger charge is 2.15. The second-order valence-corrected chi connectivity index (χ2v) is 6.73. The molecule has 1 unspecified atom stereocenters. The van der Waals surface area contributed by atoms with Crippen molar-refractivity contribution in [2.24, 2.45) is 11.8 Å². The Balaban J connectivity index is 2.47. The van der Waals surface area contributed by atoms with Crippen molar-refractivity contribution in [3.05, 3.63) is 28.5 Å². The number of rotatable bonds is 5. The van der Waals surface area contributed by atoms with Gasteiger partial charge in [-0.1, -0.05) is 36.7 Å². The van der Waals surface area contributed by atoms with E-state index >= 15 is 0 Å². The summed E-state index contributed by atoms with van der Waals surface area (Å²) in [5.74, 6) is 2.98. The van der Waals surface area contributed by atoms with E-state index in [4.69, 9.17) is 16.6 Å². The molecule has 1 atom stereocenters. The van der Waals surface area contributed by atoms with E-state index in [1.165, 1.54) is 5.52 Å². The average Bonchev–Trinajstić information content (AvgIpc) is 2.68. The van der Waals surface area contributed by atoms with Crippen LogP contribution in [0.15, 0.2) is 22.7 Å². The molecular formula is C15H20BrClN2. The Bertz CT molecular complexity index is 563. The van der Waals surface area contributed by atoms with Crippen LogP contribution in [0.5, 0.6) is 0 Å². The SMILES string of the molecule is CC(C)C(C)Cn1c(CCCl)nc2ccc(Br)cc21. The van der Waals surface area contributed by atoms with Gasteiger partial charge in [0, 0.05) is 23.3 Å². The van der Waals surface area contributed by atoms with Crippen LogP contribution >= 0.6 is 27.5 Å². The van der Waals surface area contributed by atoms with Gasteiger partial charge in [0.1, 0.15) is 5.82 Å². The van der Waals surface area contributed by atoms with Crippen LogP contribution in [-0.4, -0.2) is 15.4 Å². The molecule has 0 aliphatic rings. The minimum Gasteiger partial charge on any atom is -0.328 e.